The molecule has 1 aromatic carbocycles. The molecule has 0 aromatic heterocycles. The predicted molar refractivity (Wildman–Crippen MR) is 79.0 cm³/mol. The van der Waals surface area contributed by atoms with Gasteiger partial charge in [0.1, 0.15) is 0 Å². The average molecular weight is 244 g/mol. The predicted octanol–water partition coefficient (Wildman–Crippen LogP) is 3.34. The summed E-state index contributed by atoms with van der Waals surface area (Å²) in [5.74, 6) is 0. The minimum absolute atomic E-state index is 0.897. The molecule has 1 N–H and O–H groups in total. The number of rotatable bonds is 5. The normalized spacial score (nSPS) is 15.7. The van der Waals surface area contributed by atoms with Crippen LogP contribution in [0.4, 0.5) is 5.69 Å². The first-order valence-corrected chi connectivity index (χ1v) is 6.95. The number of benzene rings is 1. The Morgan fingerprint density at radius 3 is 2.44 bits per heavy atom. The van der Waals surface area contributed by atoms with Gasteiger partial charge in [-0.15, -0.1) is 0 Å². The summed E-state index contributed by atoms with van der Waals surface area (Å²) in [7, 11) is 0. The molecule has 18 heavy (non-hydrogen) atoms. The van der Waals surface area contributed by atoms with Crippen molar-refractivity contribution in [3.63, 3.8) is 0 Å². The number of hydrogen-bond acceptors (Lipinski definition) is 2. The molecule has 0 bridgehead atoms. The van der Waals surface area contributed by atoms with Crippen molar-refractivity contribution in [2.24, 2.45) is 0 Å². The van der Waals surface area contributed by atoms with Crippen molar-refractivity contribution in [3.8, 4) is 0 Å². The quantitative estimate of drug-likeness (QED) is 0.799. The van der Waals surface area contributed by atoms with Gasteiger partial charge in [-0.05, 0) is 43.9 Å². The van der Waals surface area contributed by atoms with E-state index < -0.39 is 0 Å². The smallest absolute Gasteiger partial charge is 0.0366 e. The Labute approximate surface area is 111 Å². The fourth-order valence-corrected chi connectivity index (χ4v) is 2.40. The molecular weight excluding hydrogens is 220 g/mol. The lowest BCUT2D eigenvalue weighted by atomic mass is 10.1. The summed E-state index contributed by atoms with van der Waals surface area (Å²) in [6, 6.07) is 8.97. The van der Waals surface area contributed by atoms with E-state index in [-0.39, 0.29) is 0 Å². The second-order valence-electron chi connectivity index (χ2n) is 5.27. The van der Waals surface area contributed by atoms with Gasteiger partial charge in [-0.1, -0.05) is 24.3 Å². The van der Waals surface area contributed by atoms with Gasteiger partial charge in [0.25, 0.3) is 0 Å². The van der Waals surface area contributed by atoms with Crippen molar-refractivity contribution in [1.29, 1.82) is 0 Å². The highest BCUT2D eigenvalue weighted by molar-refractivity contribution is 5.47. The number of hydrogen-bond donors (Lipinski definition) is 1. The van der Waals surface area contributed by atoms with E-state index in [9.17, 15) is 0 Å². The summed E-state index contributed by atoms with van der Waals surface area (Å²) in [5, 5.41) is 3.39. The number of nitrogens with zero attached hydrogens (tertiary/aromatic N) is 1. The van der Waals surface area contributed by atoms with E-state index in [2.05, 4.69) is 41.1 Å². The van der Waals surface area contributed by atoms with Crippen molar-refractivity contribution < 1.29 is 0 Å². The second-order valence-corrected chi connectivity index (χ2v) is 5.27. The first-order chi connectivity index (χ1) is 8.75. The van der Waals surface area contributed by atoms with Crippen LogP contribution in [-0.2, 0) is 6.54 Å². The molecule has 2 nitrogen and oxygen atoms in total. The van der Waals surface area contributed by atoms with Crippen LogP contribution in [0.1, 0.15) is 31.7 Å². The molecule has 1 aliphatic heterocycles. The summed E-state index contributed by atoms with van der Waals surface area (Å²) in [6.45, 7) is 10.2. The molecule has 1 aromatic rings. The summed E-state index contributed by atoms with van der Waals surface area (Å²) in [6.07, 6.45) is 4.06. The Morgan fingerprint density at radius 2 is 1.83 bits per heavy atom. The number of nitrogens with one attached hydrogen (secondary N) is 1. The Balaban J connectivity index is 1.86. The molecule has 1 fully saturated rings. The standard InChI is InChI=1S/C16H24N2/c1-14(2)12-17-13-15-6-8-16(9-7-15)18-10-4-3-5-11-18/h6-9,17H,1,3-5,10-13H2,2H3. The molecule has 1 aliphatic rings. The molecule has 0 spiro atoms. The summed E-state index contributed by atoms with van der Waals surface area (Å²) in [5.41, 5.74) is 3.90. The molecule has 1 saturated heterocycles. The Hall–Kier alpha value is -1.28. The van der Waals surface area contributed by atoms with Crippen LogP contribution >= 0.6 is 0 Å². The van der Waals surface area contributed by atoms with Crippen LogP contribution in [0, 0.1) is 0 Å². The lowest BCUT2D eigenvalue weighted by molar-refractivity contribution is 0.578. The van der Waals surface area contributed by atoms with Crippen molar-refractivity contribution in [3.05, 3.63) is 42.0 Å². The third kappa shape index (κ3) is 3.88. The molecule has 1 heterocycles. The molecule has 0 atom stereocenters. The fraction of sp³-hybridized carbons (Fsp3) is 0.500. The molecule has 0 aliphatic carbocycles. The van der Waals surface area contributed by atoms with E-state index in [4.69, 9.17) is 0 Å². The van der Waals surface area contributed by atoms with Gasteiger partial charge in [-0.3, -0.25) is 0 Å². The molecule has 0 radical (unpaired) electrons. The van der Waals surface area contributed by atoms with Crippen LogP contribution in [-0.4, -0.2) is 19.6 Å². The van der Waals surface area contributed by atoms with Crippen molar-refractivity contribution in [2.45, 2.75) is 32.7 Å². The third-order valence-corrected chi connectivity index (χ3v) is 3.41. The maximum atomic E-state index is 3.89. The van der Waals surface area contributed by atoms with Gasteiger partial charge in [0.2, 0.25) is 0 Å². The topological polar surface area (TPSA) is 15.3 Å². The SMILES string of the molecule is C=C(C)CNCc1ccc(N2CCCCC2)cc1. The van der Waals surface area contributed by atoms with Gasteiger partial charge in [0.05, 0.1) is 0 Å². The van der Waals surface area contributed by atoms with Crippen LogP contribution < -0.4 is 10.2 Å². The van der Waals surface area contributed by atoms with E-state index in [0.717, 1.165) is 13.1 Å². The Bertz CT molecular complexity index is 375. The van der Waals surface area contributed by atoms with E-state index in [0.29, 0.717) is 0 Å². The van der Waals surface area contributed by atoms with Crippen LogP contribution in [0.2, 0.25) is 0 Å². The van der Waals surface area contributed by atoms with E-state index in [1.807, 2.05) is 6.92 Å². The van der Waals surface area contributed by atoms with E-state index >= 15 is 0 Å². The fourth-order valence-electron chi connectivity index (χ4n) is 2.40. The van der Waals surface area contributed by atoms with Crippen LogP contribution in [0.25, 0.3) is 0 Å². The molecule has 2 heteroatoms. The van der Waals surface area contributed by atoms with E-state index in [1.165, 1.54) is 49.2 Å². The van der Waals surface area contributed by atoms with Gasteiger partial charge in [-0.2, -0.15) is 0 Å². The monoisotopic (exact) mass is 244 g/mol. The highest BCUT2D eigenvalue weighted by Crippen LogP contribution is 2.20. The highest BCUT2D eigenvalue weighted by Gasteiger charge is 2.10. The second kappa shape index (κ2) is 6.60. The zero-order chi connectivity index (χ0) is 12.8. The zero-order valence-electron chi connectivity index (χ0n) is 11.4. The highest BCUT2D eigenvalue weighted by atomic mass is 15.1. The maximum Gasteiger partial charge on any atom is 0.0366 e. The van der Waals surface area contributed by atoms with Gasteiger partial charge < -0.3 is 10.2 Å². The van der Waals surface area contributed by atoms with Gasteiger partial charge in [-0.25, -0.2) is 0 Å². The van der Waals surface area contributed by atoms with Crippen LogP contribution in [0.3, 0.4) is 0 Å². The molecule has 98 valence electrons. The molecule has 0 unspecified atom stereocenters. The van der Waals surface area contributed by atoms with Gasteiger partial charge in [0.15, 0.2) is 0 Å². The zero-order valence-corrected chi connectivity index (χ0v) is 11.4. The Morgan fingerprint density at radius 1 is 1.17 bits per heavy atom. The minimum Gasteiger partial charge on any atom is -0.372 e. The van der Waals surface area contributed by atoms with Gasteiger partial charge in [0, 0.05) is 31.9 Å². The lowest BCUT2D eigenvalue weighted by Crippen LogP contribution is -2.29. The summed E-state index contributed by atoms with van der Waals surface area (Å²) >= 11 is 0. The van der Waals surface area contributed by atoms with Crippen molar-refractivity contribution >= 4 is 5.69 Å². The van der Waals surface area contributed by atoms with Gasteiger partial charge >= 0.3 is 0 Å². The minimum atomic E-state index is 0.897. The molecular formula is C16H24N2. The van der Waals surface area contributed by atoms with E-state index in [1.54, 1.807) is 0 Å². The van der Waals surface area contributed by atoms with Crippen molar-refractivity contribution in [2.75, 3.05) is 24.5 Å². The number of anilines is 1. The third-order valence-electron chi connectivity index (χ3n) is 3.41. The molecule has 0 amide bonds. The average Bonchev–Trinajstić information content (AvgIpc) is 2.40. The molecule has 0 saturated carbocycles. The lowest BCUT2D eigenvalue weighted by Gasteiger charge is -2.28. The summed E-state index contributed by atoms with van der Waals surface area (Å²) in [4.78, 5) is 2.49. The van der Waals surface area contributed by atoms with Crippen molar-refractivity contribution in [1.82, 2.24) is 5.32 Å². The Kier molecular flexibility index (Phi) is 4.82. The first kappa shape index (κ1) is 13.2. The molecule has 2 rings (SSSR count). The number of piperidine rings is 1. The van der Waals surface area contributed by atoms with Crippen LogP contribution in [0.5, 0.6) is 0 Å². The first-order valence-electron chi connectivity index (χ1n) is 6.95. The largest absolute Gasteiger partial charge is 0.372 e. The van der Waals surface area contributed by atoms with Crippen LogP contribution in [0.15, 0.2) is 36.4 Å². The summed E-state index contributed by atoms with van der Waals surface area (Å²) < 4.78 is 0. The maximum absolute atomic E-state index is 3.89.